The van der Waals surface area contributed by atoms with E-state index in [0.29, 0.717) is 15.6 Å². The van der Waals surface area contributed by atoms with Gasteiger partial charge in [0.05, 0.1) is 37.2 Å². The highest BCUT2D eigenvalue weighted by Crippen LogP contribution is 2.30. The molecule has 0 bridgehead atoms. The summed E-state index contributed by atoms with van der Waals surface area (Å²) in [7, 11) is -4.07. The predicted molar refractivity (Wildman–Crippen MR) is 131 cm³/mol. The number of para-hydroxylation sites is 1. The Balaban J connectivity index is 1.93. The van der Waals surface area contributed by atoms with Crippen LogP contribution in [0.5, 0.6) is 0 Å². The lowest BCUT2D eigenvalue weighted by atomic mass is 10.2. The zero-order valence-corrected chi connectivity index (χ0v) is 20.8. The van der Waals surface area contributed by atoms with Gasteiger partial charge >= 0.3 is 0 Å². The Kier molecular flexibility index (Phi) is 8.33. The largest absolute Gasteiger partial charge is 0.322 e. The molecular formula is C21H15Cl5N2O3S. The first kappa shape index (κ1) is 25.1. The number of hydrogen-bond donors (Lipinski definition) is 1. The lowest BCUT2D eigenvalue weighted by Crippen LogP contribution is -2.37. The normalized spacial score (nSPS) is 11.6. The van der Waals surface area contributed by atoms with Crippen LogP contribution in [0.4, 0.5) is 5.69 Å². The number of carbonyl (C=O) groups is 1. The van der Waals surface area contributed by atoms with E-state index in [4.69, 9.17) is 58.0 Å². The fourth-order valence-electron chi connectivity index (χ4n) is 2.78. The number of nitrogens with one attached hydrogen (secondary N) is 1. The van der Waals surface area contributed by atoms with Crippen molar-refractivity contribution >= 4 is 79.6 Å². The second-order valence-electron chi connectivity index (χ2n) is 6.62. The van der Waals surface area contributed by atoms with Crippen molar-refractivity contribution in [3.63, 3.8) is 0 Å². The lowest BCUT2D eigenvalue weighted by molar-refractivity contribution is -0.116. The van der Waals surface area contributed by atoms with Gasteiger partial charge in [0.1, 0.15) is 0 Å². The van der Waals surface area contributed by atoms with Crippen LogP contribution in [0.15, 0.2) is 65.6 Å². The summed E-state index contributed by atoms with van der Waals surface area (Å²) >= 11 is 30.1. The van der Waals surface area contributed by atoms with E-state index < -0.39 is 22.5 Å². The number of nitrogens with zero attached hydrogens (tertiary/aromatic N) is 1. The van der Waals surface area contributed by atoms with Crippen molar-refractivity contribution in [3.8, 4) is 0 Å². The molecule has 1 N–H and O–H groups in total. The fraction of sp³-hybridized carbons (Fsp3) is 0.0952. The average Bonchev–Trinajstić information content (AvgIpc) is 2.73. The standard InChI is InChI=1S/C21H15Cl5N2O3S/c22-14-5-7-15(8-6-14)32(30,31)28(11-13-4-9-16(23)19(26)10-13)12-20(29)27-21-17(24)2-1-3-18(21)25/h1-10H,11-12H2,(H,27,29). The second kappa shape index (κ2) is 10.6. The molecule has 1 amide bonds. The second-order valence-corrected chi connectivity index (χ2v) is 10.6. The number of carbonyl (C=O) groups excluding carboxylic acids is 1. The molecule has 0 aliphatic heterocycles. The molecule has 0 radical (unpaired) electrons. The minimum Gasteiger partial charge on any atom is -0.322 e. The van der Waals surface area contributed by atoms with Crippen LogP contribution in [0, 0.1) is 0 Å². The highest BCUT2D eigenvalue weighted by atomic mass is 35.5. The van der Waals surface area contributed by atoms with E-state index in [1.54, 1.807) is 30.3 Å². The van der Waals surface area contributed by atoms with E-state index >= 15 is 0 Å². The average molecular weight is 553 g/mol. The molecule has 11 heteroatoms. The maximum Gasteiger partial charge on any atom is 0.243 e. The fourth-order valence-corrected chi connectivity index (χ4v) is 5.10. The van der Waals surface area contributed by atoms with Crippen LogP contribution >= 0.6 is 58.0 Å². The lowest BCUT2D eigenvalue weighted by Gasteiger charge is -2.22. The minimum atomic E-state index is -4.07. The topological polar surface area (TPSA) is 66.5 Å². The summed E-state index contributed by atoms with van der Waals surface area (Å²) in [6, 6.07) is 15.1. The van der Waals surface area contributed by atoms with Gasteiger partial charge in [-0.25, -0.2) is 8.42 Å². The quantitative estimate of drug-likeness (QED) is 0.351. The summed E-state index contributed by atoms with van der Waals surface area (Å²) in [4.78, 5) is 12.7. The third kappa shape index (κ3) is 6.08. The van der Waals surface area contributed by atoms with E-state index in [9.17, 15) is 13.2 Å². The molecule has 3 rings (SSSR count). The Hall–Kier alpha value is -1.51. The van der Waals surface area contributed by atoms with Gasteiger partial charge in [0.25, 0.3) is 0 Å². The Bertz CT molecular complexity index is 1230. The van der Waals surface area contributed by atoms with Crippen molar-refractivity contribution in [1.29, 1.82) is 0 Å². The molecular weight excluding hydrogens is 538 g/mol. The Morgan fingerprint density at radius 2 is 1.44 bits per heavy atom. The van der Waals surface area contributed by atoms with Crippen LogP contribution in [0.3, 0.4) is 0 Å². The zero-order chi connectivity index (χ0) is 23.5. The molecule has 0 aliphatic rings. The Labute approximate surface area is 210 Å². The van der Waals surface area contributed by atoms with E-state index in [1.807, 2.05) is 0 Å². The van der Waals surface area contributed by atoms with Crippen molar-refractivity contribution in [2.75, 3.05) is 11.9 Å². The van der Waals surface area contributed by atoms with Gasteiger partial charge in [0.15, 0.2) is 0 Å². The van der Waals surface area contributed by atoms with Crippen LogP contribution in [0.1, 0.15) is 5.56 Å². The molecule has 0 spiro atoms. The summed E-state index contributed by atoms with van der Waals surface area (Å²) in [5.41, 5.74) is 0.736. The van der Waals surface area contributed by atoms with Crippen molar-refractivity contribution in [2.24, 2.45) is 0 Å². The molecule has 0 unspecified atom stereocenters. The Morgan fingerprint density at radius 1 is 0.812 bits per heavy atom. The van der Waals surface area contributed by atoms with Gasteiger partial charge in [0, 0.05) is 11.6 Å². The molecule has 5 nitrogen and oxygen atoms in total. The molecule has 0 heterocycles. The maximum atomic E-state index is 13.3. The molecule has 3 aromatic carbocycles. The number of hydrogen-bond acceptors (Lipinski definition) is 3. The van der Waals surface area contributed by atoms with E-state index in [2.05, 4.69) is 5.32 Å². The number of halogens is 5. The number of rotatable bonds is 7. The van der Waals surface area contributed by atoms with Crippen LogP contribution < -0.4 is 5.32 Å². The molecule has 0 aromatic heterocycles. The summed E-state index contributed by atoms with van der Waals surface area (Å²) in [5, 5.41) is 3.99. The number of sulfonamides is 1. The molecule has 168 valence electrons. The summed E-state index contributed by atoms with van der Waals surface area (Å²) < 4.78 is 27.6. The molecule has 3 aromatic rings. The number of amides is 1. The third-order valence-corrected chi connectivity index (χ3v) is 7.77. The van der Waals surface area contributed by atoms with Gasteiger partial charge in [0.2, 0.25) is 15.9 Å². The molecule has 0 fully saturated rings. The monoisotopic (exact) mass is 550 g/mol. The van der Waals surface area contributed by atoms with Crippen molar-refractivity contribution in [1.82, 2.24) is 4.31 Å². The summed E-state index contributed by atoms with van der Waals surface area (Å²) in [5.74, 6) is -0.627. The smallest absolute Gasteiger partial charge is 0.243 e. The van der Waals surface area contributed by atoms with E-state index in [0.717, 1.165) is 4.31 Å². The first-order valence-corrected chi connectivity index (χ1v) is 12.3. The van der Waals surface area contributed by atoms with Crippen molar-refractivity contribution < 1.29 is 13.2 Å². The maximum absolute atomic E-state index is 13.3. The molecule has 0 aliphatic carbocycles. The van der Waals surface area contributed by atoms with Gasteiger partial charge in [-0.3, -0.25) is 4.79 Å². The van der Waals surface area contributed by atoms with Gasteiger partial charge < -0.3 is 5.32 Å². The molecule has 0 saturated carbocycles. The Morgan fingerprint density at radius 3 is 2.03 bits per heavy atom. The first-order valence-electron chi connectivity index (χ1n) is 9.01. The van der Waals surface area contributed by atoms with Gasteiger partial charge in [-0.1, -0.05) is 70.1 Å². The van der Waals surface area contributed by atoms with Gasteiger partial charge in [-0.15, -0.1) is 0 Å². The molecule has 0 saturated heterocycles. The number of anilines is 1. The zero-order valence-electron chi connectivity index (χ0n) is 16.2. The van der Waals surface area contributed by atoms with E-state index in [-0.39, 0.29) is 32.2 Å². The first-order chi connectivity index (χ1) is 15.1. The molecule has 0 atom stereocenters. The number of benzene rings is 3. The van der Waals surface area contributed by atoms with Crippen LogP contribution in [-0.2, 0) is 21.4 Å². The molecule has 32 heavy (non-hydrogen) atoms. The highest BCUT2D eigenvalue weighted by molar-refractivity contribution is 7.89. The van der Waals surface area contributed by atoms with Crippen LogP contribution in [-0.4, -0.2) is 25.2 Å². The highest BCUT2D eigenvalue weighted by Gasteiger charge is 2.27. The third-order valence-electron chi connectivity index (χ3n) is 4.34. The van der Waals surface area contributed by atoms with Crippen LogP contribution in [0.25, 0.3) is 0 Å². The van der Waals surface area contributed by atoms with Crippen molar-refractivity contribution in [3.05, 3.63) is 91.3 Å². The predicted octanol–water partition coefficient (Wildman–Crippen LogP) is 6.78. The van der Waals surface area contributed by atoms with Gasteiger partial charge in [-0.2, -0.15) is 4.31 Å². The summed E-state index contributed by atoms with van der Waals surface area (Å²) in [6.45, 7) is -0.641. The van der Waals surface area contributed by atoms with E-state index in [1.165, 1.54) is 30.3 Å². The minimum absolute atomic E-state index is 0.0227. The van der Waals surface area contributed by atoms with Crippen molar-refractivity contribution in [2.45, 2.75) is 11.4 Å². The SMILES string of the molecule is O=C(CN(Cc1ccc(Cl)c(Cl)c1)S(=O)(=O)c1ccc(Cl)cc1)Nc1c(Cl)cccc1Cl. The van der Waals surface area contributed by atoms with Crippen LogP contribution in [0.2, 0.25) is 25.1 Å². The van der Waals surface area contributed by atoms with Gasteiger partial charge in [-0.05, 0) is 54.1 Å². The summed E-state index contributed by atoms with van der Waals surface area (Å²) in [6.07, 6.45) is 0.